The van der Waals surface area contributed by atoms with Crippen LogP contribution in [-0.4, -0.2) is 35.6 Å². The quantitative estimate of drug-likeness (QED) is 0.690. The summed E-state index contributed by atoms with van der Waals surface area (Å²) in [7, 11) is 1.76. The first-order chi connectivity index (χ1) is 6.61. The van der Waals surface area contributed by atoms with Crippen LogP contribution in [0.4, 0.5) is 0 Å². The number of rotatable bonds is 3. The van der Waals surface area contributed by atoms with E-state index in [-0.39, 0.29) is 11.8 Å². The van der Waals surface area contributed by atoms with Gasteiger partial charge in [0.15, 0.2) is 0 Å². The minimum Gasteiger partial charge on any atom is -0.392 e. The Kier molecular flexibility index (Phi) is 4.14. The molecule has 1 aliphatic carbocycles. The fourth-order valence-electron chi connectivity index (χ4n) is 1.82. The highest BCUT2D eigenvalue weighted by molar-refractivity contribution is 5.78. The molecule has 0 aliphatic heterocycles. The minimum absolute atomic E-state index is 0.128. The van der Waals surface area contributed by atoms with Crippen molar-refractivity contribution in [2.45, 2.75) is 32.3 Å². The van der Waals surface area contributed by atoms with E-state index in [0.29, 0.717) is 6.54 Å². The Hall–Kier alpha value is -0.830. The minimum atomic E-state index is -0.442. The third kappa shape index (κ3) is 3.14. The van der Waals surface area contributed by atoms with Crippen LogP contribution in [0.15, 0.2) is 12.2 Å². The van der Waals surface area contributed by atoms with Crippen molar-refractivity contribution < 1.29 is 9.90 Å². The topological polar surface area (TPSA) is 40.5 Å². The molecule has 0 radical (unpaired) electrons. The van der Waals surface area contributed by atoms with Gasteiger partial charge in [0.2, 0.25) is 5.91 Å². The van der Waals surface area contributed by atoms with E-state index >= 15 is 0 Å². The average Bonchev–Trinajstić information content (AvgIpc) is 2.17. The second-order valence-electron chi connectivity index (χ2n) is 4.05. The maximum Gasteiger partial charge on any atom is 0.225 e. The van der Waals surface area contributed by atoms with Crippen LogP contribution in [0, 0.1) is 5.92 Å². The van der Waals surface area contributed by atoms with Crippen LogP contribution in [0.5, 0.6) is 0 Å². The van der Waals surface area contributed by atoms with E-state index in [1.165, 1.54) is 0 Å². The van der Waals surface area contributed by atoms with Gasteiger partial charge < -0.3 is 10.0 Å². The van der Waals surface area contributed by atoms with Crippen molar-refractivity contribution in [3.63, 3.8) is 0 Å². The summed E-state index contributed by atoms with van der Waals surface area (Å²) < 4.78 is 0. The molecule has 3 heteroatoms. The smallest absolute Gasteiger partial charge is 0.225 e. The van der Waals surface area contributed by atoms with Gasteiger partial charge >= 0.3 is 0 Å². The lowest BCUT2D eigenvalue weighted by molar-refractivity contribution is -0.135. The van der Waals surface area contributed by atoms with Crippen LogP contribution in [0.25, 0.3) is 0 Å². The second kappa shape index (κ2) is 5.15. The molecule has 0 fully saturated rings. The molecule has 2 unspecified atom stereocenters. The highest BCUT2D eigenvalue weighted by atomic mass is 16.3. The Balaban J connectivity index is 2.43. The van der Waals surface area contributed by atoms with E-state index in [1.54, 1.807) is 18.9 Å². The zero-order chi connectivity index (χ0) is 10.6. The molecule has 0 aromatic rings. The molecule has 1 N–H and O–H groups in total. The SMILES string of the molecule is CC(O)CN(C)C(=O)C1CC=CCC1. The van der Waals surface area contributed by atoms with Crippen molar-refractivity contribution in [3.8, 4) is 0 Å². The molecule has 1 rings (SSSR count). The summed E-state index contributed by atoms with van der Waals surface area (Å²) in [6.45, 7) is 2.13. The zero-order valence-corrected chi connectivity index (χ0v) is 8.94. The van der Waals surface area contributed by atoms with E-state index < -0.39 is 6.10 Å². The highest BCUT2D eigenvalue weighted by Crippen LogP contribution is 2.19. The van der Waals surface area contributed by atoms with E-state index in [2.05, 4.69) is 12.2 Å². The third-order valence-electron chi connectivity index (χ3n) is 2.53. The van der Waals surface area contributed by atoms with Gasteiger partial charge in [0.1, 0.15) is 0 Å². The van der Waals surface area contributed by atoms with Crippen molar-refractivity contribution >= 4 is 5.91 Å². The molecule has 0 bridgehead atoms. The van der Waals surface area contributed by atoms with E-state index in [9.17, 15) is 4.79 Å². The Labute approximate surface area is 85.4 Å². The lowest BCUT2D eigenvalue weighted by Crippen LogP contribution is -2.37. The Morgan fingerprint density at radius 3 is 2.86 bits per heavy atom. The lowest BCUT2D eigenvalue weighted by atomic mass is 9.93. The molecule has 0 saturated heterocycles. The van der Waals surface area contributed by atoms with Gasteiger partial charge in [-0.3, -0.25) is 4.79 Å². The summed E-state index contributed by atoms with van der Waals surface area (Å²) in [4.78, 5) is 13.4. The molecule has 0 aromatic carbocycles. The number of aliphatic hydroxyl groups is 1. The van der Waals surface area contributed by atoms with E-state index in [0.717, 1.165) is 19.3 Å². The lowest BCUT2D eigenvalue weighted by Gasteiger charge is -2.25. The Morgan fingerprint density at radius 1 is 1.64 bits per heavy atom. The number of allylic oxidation sites excluding steroid dienone is 2. The molecule has 1 amide bonds. The van der Waals surface area contributed by atoms with Crippen molar-refractivity contribution in [2.24, 2.45) is 5.92 Å². The van der Waals surface area contributed by atoms with Crippen LogP contribution in [-0.2, 0) is 4.79 Å². The number of carbonyl (C=O) groups is 1. The van der Waals surface area contributed by atoms with Gasteiger partial charge in [-0.15, -0.1) is 0 Å². The number of likely N-dealkylation sites (N-methyl/N-ethyl adjacent to an activating group) is 1. The van der Waals surface area contributed by atoms with Crippen molar-refractivity contribution in [3.05, 3.63) is 12.2 Å². The first-order valence-electron chi connectivity index (χ1n) is 5.19. The van der Waals surface area contributed by atoms with Gasteiger partial charge in [-0.05, 0) is 26.2 Å². The van der Waals surface area contributed by atoms with Gasteiger partial charge in [0.05, 0.1) is 6.10 Å². The van der Waals surface area contributed by atoms with Crippen LogP contribution in [0.1, 0.15) is 26.2 Å². The van der Waals surface area contributed by atoms with Gasteiger partial charge in [0.25, 0.3) is 0 Å². The van der Waals surface area contributed by atoms with E-state index in [4.69, 9.17) is 5.11 Å². The maximum atomic E-state index is 11.8. The van der Waals surface area contributed by atoms with Crippen LogP contribution < -0.4 is 0 Å². The molecule has 0 saturated carbocycles. The summed E-state index contributed by atoms with van der Waals surface area (Å²) in [6, 6.07) is 0. The van der Waals surface area contributed by atoms with Gasteiger partial charge in [-0.25, -0.2) is 0 Å². The molecular formula is C11H19NO2. The van der Waals surface area contributed by atoms with Crippen molar-refractivity contribution in [1.82, 2.24) is 4.90 Å². The molecule has 0 spiro atoms. The molecule has 0 aromatic heterocycles. The van der Waals surface area contributed by atoms with Crippen molar-refractivity contribution in [1.29, 1.82) is 0 Å². The number of aliphatic hydroxyl groups excluding tert-OH is 1. The van der Waals surface area contributed by atoms with Crippen LogP contribution in [0.2, 0.25) is 0 Å². The molecule has 1 aliphatic rings. The second-order valence-corrected chi connectivity index (χ2v) is 4.05. The molecule has 80 valence electrons. The van der Waals surface area contributed by atoms with Gasteiger partial charge in [0, 0.05) is 19.5 Å². The maximum absolute atomic E-state index is 11.8. The summed E-state index contributed by atoms with van der Waals surface area (Å²) in [5, 5.41) is 9.16. The van der Waals surface area contributed by atoms with Gasteiger partial charge in [-0.1, -0.05) is 12.2 Å². The standard InChI is InChI=1S/C11H19NO2/c1-9(13)8-12(2)11(14)10-6-4-3-5-7-10/h3-4,9-10,13H,5-8H2,1-2H3. The number of carbonyl (C=O) groups excluding carboxylic acids is 1. The van der Waals surface area contributed by atoms with Gasteiger partial charge in [-0.2, -0.15) is 0 Å². The fourth-order valence-corrected chi connectivity index (χ4v) is 1.82. The summed E-state index contributed by atoms with van der Waals surface area (Å²) in [5.41, 5.74) is 0. The Morgan fingerprint density at radius 2 is 2.36 bits per heavy atom. The summed E-state index contributed by atoms with van der Waals surface area (Å²) in [6.07, 6.45) is 6.55. The first kappa shape index (κ1) is 11.2. The number of nitrogens with zero attached hydrogens (tertiary/aromatic N) is 1. The summed E-state index contributed by atoms with van der Waals surface area (Å²) in [5.74, 6) is 0.291. The monoisotopic (exact) mass is 197 g/mol. The predicted molar refractivity (Wildman–Crippen MR) is 55.8 cm³/mol. The molecular weight excluding hydrogens is 178 g/mol. The number of hydrogen-bond donors (Lipinski definition) is 1. The predicted octanol–water partition coefficient (Wildman–Crippen LogP) is 1.18. The van der Waals surface area contributed by atoms with Crippen LogP contribution in [0.3, 0.4) is 0 Å². The first-order valence-corrected chi connectivity index (χ1v) is 5.19. The third-order valence-corrected chi connectivity index (χ3v) is 2.53. The number of amides is 1. The zero-order valence-electron chi connectivity index (χ0n) is 8.94. The van der Waals surface area contributed by atoms with Crippen LogP contribution >= 0.6 is 0 Å². The fraction of sp³-hybridized carbons (Fsp3) is 0.727. The number of hydrogen-bond acceptors (Lipinski definition) is 2. The van der Waals surface area contributed by atoms with Crippen molar-refractivity contribution in [2.75, 3.05) is 13.6 Å². The largest absolute Gasteiger partial charge is 0.392 e. The molecule has 3 nitrogen and oxygen atoms in total. The van der Waals surface area contributed by atoms with E-state index in [1.807, 2.05) is 0 Å². The molecule has 0 heterocycles. The molecule has 14 heavy (non-hydrogen) atoms. The molecule has 2 atom stereocenters. The Bertz CT molecular complexity index is 223. The average molecular weight is 197 g/mol. The highest BCUT2D eigenvalue weighted by Gasteiger charge is 2.22. The summed E-state index contributed by atoms with van der Waals surface area (Å²) >= 11 is 0. The normalized spacial score (nSPS) is 23.2.